The molecule has 1 fully saturated rings. The van der Waals surface area contributed by atoms with Crippen LogP contribution >= 0.6 is 0 Å². The molecule has 0 aromatic heterocycles. The van der Waals surface area contributed by atoms with E-state index in [1.807, 2.05) is 17.0 Å². The number of nitrogens with zero attached hydrogens (tertiary/aromatic N) is 2. The third-order valence-corrected chi connectivity index (χ3v) is 4.92. The van der Waals surface area contributed by atoms with Gasteiger partial charge >= 0.3 is 0 Å². The van der Waals surface area contributed by atoms with Crippen LogP contribution in [0.25, 0.3) is 0 Å². The molecule has 0 bridgehead atoms. The van der Waals surface area contributed by atoms with Gasteiger partial charge in [0.05, 0.1) is 6.54 Å². The average molecular weight is 351 g/mol. The van der Waals surface area contributed by atoms with Crippen LogP contribution in [0.3, 0.4) is 0 Å². The van der Waals surface area contributed by atoms with Crippen molar-refractivity contribution in [3.8, 4) is 0 Å². The normalized spacial score (nSPS) is 15.0. The largest absolute Gasteiger partial charge is 0.376 e. The molecule has 138 valence electrons. The SMILES string of the molecule is CC(C)(C)c1ccccc1NCC(=O)N1CCN(c2ccccc2)CC1. The third-order valence-electron chi connectivity index (χ3n) is 4.92. The first-order valence-electron chi connectivity index (χ1n) is 9.36. The minimum Gasteiger partial charge on any atom is -0.376 e. The van der Waals surface area contributed by atoms with Gasteiger partial charge in [0, 0.05) is 37.6 Å². The summed E-state index contributed by atoms with van der Waals surface area (Å²) in [5, 5.41) is 3.35. The summed E-state index contributed by atoms with van der Waals surface area (Å²) in [6.07, 6.45) is 0. The van der Waals surface area contributed by atoms with E-state index in [1.165, 1.54) is 11.3 Å². The number of carbonyl (C=O) groups excluding carboxylic acids is 1. The second-order valence-electron chi connectivity index (χ2n) is 7.85. The van der Waals surface area contributed by atoms with Crippen LogP contribution in [0.4, 0.5) is 11.4 Å². The highest BCUT2D eigenvalue weighted by atomic mass is 16.2. The van der Waals surface area contributed by atoms with Crippen LogP contribution < -0.4 is 10.2 Å². The van der Waals surface area contributed by atoms with Crippen molar-refractivity contribution in [2.24, 2.45) is 0 Å². The number of carbonyl (C=O) groups is 1. The fraction of sp³-hybridized carbons (Fsp3) is 0.409. The maximum absolute atomic E-state index is 12.6. The van der Waals surface area contributed by atoms with Crippen LogP contribution in [-0.2, 0) is 10.2 Å². The van der Waals surface area contributed by atoms with E-state index < -0.39 is 0 Å². The second-order valence-corrected chi connectivity index (χ2v) is 7.85. The number of benzene rings is 2. The number of hydrogen-bond acceptors (Lipinski definition) is 3. The lowest BCUT2D eigenvalue weighted by molar-refractivity contribution is -0.129. The van der Waals surface area contributed by atoms with Crippen molar-refractivity contribution in [3.05, 3.63) is 60.2 Å². The van der Waals surface area contributed by atoms with Gasteiger partial charge in [-0.05, 0) is 29.2 Å². The zero-order chi connectivity index (χ0) is 18.6. The molecular formula is C22H29N3O. The molecule has 0 aliphatic carbocycles. The van der Waals surface area contributed by atoms with E-state index in [2.05, 4.69) is 73.5 Å². The Labute approximate surface area is 156 Å². The Kier molecular flexibility index (Phi) is 5.50. The van der Waals surface area contributed by atoms with E-state index in [0.29, 0.717) is 6.54 Å². The van der Waals surface area contributed by atoms with Gasteiger partial charge in [-0.3, -0.25) is 4.79 Å². The first-order valence-corrected chi connectivity index (χ1v) is 9.36. The number of hydrogen-bond donors (Lipinski definition) is 1. The van der Waals surface area contributed by atoms with Crippen LogP contribution in [-0.4, -0.2) is 43.5 Å². The van der Waals surface area contributed by atoms with Gasteiger partial charge in [0.2, 0.25) is 5.91 Å². The van der Waals surface area contributed by atoms with Gasteiger partial charge in [-0.15, -0.1) is 0 Å². The van der Waals surface area contributed by atoms with Gasteiger partial charge in [-0.25, -0.2) is 0 Å². The Morgan fingerprint density at radius 3 is 2.19 bits per heavy atom. The molecule has 1 N–H and O–H groups in total. The van der Waals surface area contributed by atoms with Crippen molar-refractivity contribution >= 4 is 17.3 Å². The smallest absolute Gasteiger partial charge is 0.241 e. The number of nitrogens with one attached hydrogen (secondary N) is 1. The molecule has 2 aromatic rings. The molecule has 1 saturated heterocycles. The Hall–Kier alpha value is -2.49. The van der Waals surface area contributed by atoms with E-state index in [4.69, 9.17) is 0 Å². The molecule has 4 nitrogen and oxygen atoms in total. The Morgan fingerprint density at radius 2 is 1.54 bits per heavy atom. The van der Waals surface area contributed by atoms with E-state index >= 15 is 0 Å². The highest BCUT2D eigenvalue weighted by Crippen LogP contribution is 2.29. The summed E-state index contributed by atoms with van der Waals surface area (Å²) < 4.78 is 0. The summed E-state index contributed by atoms with van der Waals surface area (Å²) >= 11 is 0. The van der Waals surface area contributed by atoms with Crippen LogP contribution in [0, 0.1) is 0 Å². The van der Waals surface area contributed by atoms with Gasteiger partial charge in [-0.1, -0.05) is 57.2 Å². The summed E-state index contributed by atoms with van der Waals surface area (Å²) in [4.78, 5) is 16.9. The summed E-state index contributed by atoms with van der Waals surface area (Å²) in [5.74, 6) is 0.168. The lowest BCUT2D eigenvalue weighted by atomic mass is 9.86. The topological polar surface area (TPSA) is 35.6 Å². The average Bonchev–Trinajstić information content (AvgIpc) is 2.66. The quantitative estimate of drug-likeness (QED) is 0.911. The van der Waals surface area contributed by atoms with Crippen molar-refractivity contribution in [3.63, 3.8) is 0 Å². The molecule has 0 unspecified atom stereocenters. The molecule has 2 aromatic carbocycles. The maximum atomic E-state index is 12.6. The first-order chi connectivity index (χ1) is 12.4. The minimum atomic E-state index is 0.0496. The summed E-state index contributed by atoms with van der Waals surface area (Å²) in [6.45, 7) is 10.2. The molecule has 26 heavy (non-hydrogen) atoms. The second kappa shape index (κ2) is 7.81. The molecule has 0 atom stereocenters. The highest BCUT2D eigenvalue weighted by Gasteiger charge is 2.22. The van der Waals surface area contributed by atoms with Gasteiger partial charge in [0.1, 0.15) is 0 Å². The predicted molar refractivity (Wildman–Crippen MR) is 109 cm³/mol. The van der Waals surface area contributed by atoms with Crippen LogP contribution in [0.15, 0.2) is 54.6 Å². The van der Waals surface area contributed by atoms with Gasteiger partial charge in [0.25, 0.3) is 0 Å². The van der Waals surface area contributed by atoms with Crippen molar-refractivity contribution in [2.45, 2.75) is 26.2 Å². The van der Waals surface area contributed by atoms with Crippen LogP contribution in [0.5, 0.6) is 0 Å². The van der Waals surface area contributed by atoms with E-state index in [-0.39, 0.29) is 11.3 Å². The maximum Gasteiger partial charge on any atom is 0.241 e. The number of piperazine rings is 1. The first kappa shape index (κ1) is 18.3. The molecule has 0 saturated carbocycles. The Balaban J connectivity index is 1.54. The monoisotopic (exact) mass is 351 g/mol. The van der Waals surface area contributed by atoms with E-state index in [1.54, 1.807) is 0 Å². The predicted octanol–water partition coefficient (Wildman–Crippen LogP) is 3.74. The number of anilines is 2. The summed E-state index contributed by atoms with van der Waals surface area (Å²) in [6, 6.07) is 18.7. The van der Waals surface area contributed by atoms with Crippen molar-refractivity contribution in [1.82, 2.24) is 4.90 Å². The summed E-state index contributed by atoms with van der Waals surface area (Å²) in [7, 11) is 0. The van der Waals surface area contributed by atoms with Crippen molar-refractivity contribution < 1.29 is 4.79 Å². The fourth-order valence-electron chi connectivity index (χ4n) is 3.43. The molecule has 4 heteroatoms. The zero-order valence-corrected chi connectivity index (χ0v) is 16.0. The molecular weight excluding hydrogens is 322 g/mol. The highest BCUT2D eigenvalue weighted by molar-refractivity contribution is 5.81. The molecule has 1 aliphatic heterocycles. The van der Waals surface area contributed by atoms with Gasteiger partial charge in [0.15, 0.2) is 0 Å². The summed E-state index contributed by atoms with van der Waals surface area (Å²) in [5.41, 5.74) is 3.57. The Morgan fingerprint density at radius 1 is 0.923 bits per heavy atom. The fourth-order valence-corrected chi connectivity index (χ4v) is 3.43. The lowest BCUT2D eigenvalue weighted by Gasteiger charge is -2.36. The third kappa shape index (κ3) is 4.37. The molecule has 3 rings (SSSR count). The number of amides is 1. The van der Waals surface area contributed by atoms with Gasteiger partial charge in [-0.2, -0.15) is 0 Å². The van der Waals surface area contributed by atoms with Gasteiger partial charge < -0.3 is 15.1 Å². The van der Waals surface area contributed by atoms with Crippen molar-refractivity contribution in [1.29, 1.82) is 0 Å². The molecule has 1 aliphatic rings. The number of rotatable bonds is 4. The lowest BCUT2D eigenvalue weighted by Crippen LogP contribution is -2.50. The van der Waals surface area contributed by atoms with Crippen molar-refractivity contribution in [2.75, 3.05) is 42.9 Å². The molecule has 0 radical (unpaired) electrons. The van der Waals surface area contributed by atoms with E-state index in [0.717, 1.165) is 31.9 Å². The Bertz CT molecular complexity index is 729. The van der Waals surface area contributed by atoms with Crippen LogP contribution in [0.2, 0.25) is 0 Å². The minimum absolute atomic E-state index is 0.0496. The molecule has 0 spiro atoms. The van der Waals surface area contributed by atoms with E-state index in [9.17, 15) is 4.79 Å². The van der Waals surface area contributed by atoms with Crippen LogP contribution in [0.1, 0.15) is 26.3 Å². The molecule has 1 amide bonds. The molecule has 1 heterocycles. The zero-order valence-electron chi connectivity index (χ0n) is 16.0. The number of para-hydroxylation sites is 2. The standard InChI is InChI=1S/C22H29N3O/c1-22(2,3)19-11-7-8-12-20(19)23-17-21(26)25-15-13-24(14-16-25)18-9-5-4-6-10-18/h4-12,23H,13-17H2,1-3H3.